The van der Waals surface area contributed by atoms with Crippen molar-refractivity contribution in [1.82, 2.24) is 0 Å². The Bertz CT molecular complexity index is 548. The van der Waals surface area contributed by atoms with Gasteiger partial charge in [-0.2, -0.15) is 0 Å². The number of benzene rings is 1. The number of fused-ring (bicyclic) bond motifs is 1. The third kappa shape index (κ3) is 2.27. The van der Waals surface area contributed by atoms with E-state index in [0.717, 1.165) is 19.3 Å². The second kappa shape index (κ2) is 5.12. The zero-order chi connectivity index (χ0) is 15.3. The zero-order valence-corrected chi connectivity index (χ0v) is 11.2. The van der Waals surface area contributed by atoms with Crippen molar-refractivity contribution in [2.45, 2.75) is 25.3 Å². The summed E-state index contributed by atoms with van der Waals surface area (Å²) in [6.07, 6.45) is 2.36. The lowest BCUT2D eigenvalue weighted by molar-refractivity contribution is 0.271. The summed E-state index contributed by atoms with van der Waals surface area (Å²) in [4.78, 5) is 1.27. The van der Waals surface area contributed by atoms with Gasteiger partial charge < -0.3 is 10.6 Å². The highest BCUT2D eigenvalue weighted by Gasteiger charge is 2.40. The number of nitrogens with two attached hydrogens (primary N) is 1. The Morgan fingerprint density at radius 2 is 1.29 bits per heavy atom. The van der Waals surface area contributed by atoms with Crippen LogP contribution < -0.4 is 10.6 Å². The molecule has 116 valence electrons. The lowest BCUT2D eigenvalue weighted by atomic mass is 9.79. The van der Waals surface area contributed by atoms with E-state index in [1.165, 1.54) is 4.90 Å². The maximum Gasteiger partial charge on any atom is 0.200 e. The molecular weight excluding hydrogens is 291 g/mol. The number of hydrogen-bond donors (Lipinski definition) is 1. The monoisotopic (exact) mass is 306 g/mol. The first-order chi connectivity index (χ1) is 9.90. The van der Waals surface area contributed by atoms with Crippen LogP contribution in [0.15, 0.2) is 0 Å². The average molecular weight is 306 g/mol. The van der Waals surface area contributed by atoms with Crippen LogP contribution >= 0.6 is 0 Å². The fourth-order valence-corrected chi connectivity index (χ4v) is 3.52. The van der Waals surface area contributed by atoms with Crippen molar-refractivity contribution in [2.75, 3.05) is 18.0 Å². The van der Waals surface area contributed by atoms with E-state index in [4.69, 9.17) is 5.73 Å². The fourth-order valence-electron chi connectivity index (χ4n) is 3.52. The molecule has 21 heavy (non-hydrogen) atoms. The molecule has 1 saturated carbocycles. The maximum absolute atomic E-state index is 13.8. The lowest BCUT2D eigenvalue weighted by Crippen LogP contribution is -2.32. The van der Waals surface area contributed by atoms with Gasteiger partial charge in [0.15, 0.2) is 23.3 Å². The van der Waals surface area contributed by atoms with E-state index >= 15 is 0 Å². The Hall–Kier alpha value is -1.37. The molecule has 1 aromatic carbocycles. The minimum Gasteiger partial charge on any atom is -0.366 e. The van der Waals surface area contributed by atoms with Crippen molar-refractivity contribution in [1.29, 1.82) is 0 Å². The fraction of sp³-hybridized carbons (Fsp3) is 0.571. The van der Waals surface area contributed by atoms with E-state index in [-0.39, 0.29) is 24.4 Å². The summed E-state index contributed by atoms with van der Waals surface area (Å²) in [5.74, 6) is -9.08. The summed E-state index contributed by atoms with van der Waals surface area (Å²) in [7, 11) is 0. The molecule has 2 aliphatic rings. The summed E-state index contributed by atoms with van der Waals surface area (Å²) in [6.45, 7) is 0.576. The summed E-state index contributed by atoms with van der Waals surface area (Å²) in [6, 6.07) is 0.0441. The quantitative estimate of drug-likeness (QED) is 0.491. The summed E-state index contributed by atoms with van der Waals surface area (Å²) >= 11 is 0. The van der Waals surface area contributed by atoms with Gasteiger partial charge in [-0.1, -0.05) is 0 Å². The Balaban J connectivity index is 1.95. The second-order valence-electron chi connectivity index (χ2n) is 5.92. The van der Waals surface area contributed by atoms with Crippen molar-refractivity contribution in [3.05, 3.63) is 29.1 Å². The van der Waals surface area contributed by atoms with Gasteiger partial charge in [0, 0.05) is 19.1 Å². The van der Waals surface area contributed by atoms with Crippen LogP contribution in [0.2, 0.25) is 0 Å². The highest BCUT2D eigenvalue weighted by atomic mass is 19.2. The van der Waals surface area contributed by atoms with Crippen LogP contribution in [-0.2, 0) is 0 Å². The van der Waals surface area contributed by atoms with E-state index in [9.17, 15) is 22.0 Å². The molecule has 1 aliphatic heterocycles. The second-order valence-corrected chi connectivity index (χ2v) is 5.92. The van der Waals surface area contributed by atoms with Gasteiger partial charge in [0.2, 0.25) is 5.82 Å². The molecule has 0 aromatic heterocycles. The predicted molar refractivity (Wildman–Crippen MR) is 67.3 cm³/mol. The van der Waals surface area contributed by atoms with Crippen LogP contribution in [-0.4, -0.2) is 19.1 Å². The molecule has 0 amide bonds. The normalized spacial score (nSPS) is 28.9. The molecular formula is C14H15F5N2. The van der Waals surface area contributed by atoms with E-state index < -0.39 is 34.8 Å². The van der Waals surface area contributed by atoms with Crippen LogP contribution in [0.4, 0.5) is 27.6 Å². The number of halogens is 5. The highest BCUT2D eigenvalue weighted by molar-refractivity contribution is 5.51. The average Bonchev–Trinajstić information content (AvgIpc) is 2.85. The van der Waals surface area contributed by atoms with Crippen LogP contribution in [0.5, 0.6) is 0 Å². The van der Waals surface area contributed by atoms with Crippen molar-refractivity contribution < 1.29 is 22.0 Å². The van der Waals surface area contributed by atoms with Crippen molar-refractivity contribution in [2.24, 2.45) is 17.6 Å². The Labute approximate surface area is 118 Å². The Morgan fingerprint density at radius 3 is 1.90 bits per heavy atom. The van der Waals surface area contributed by atoms with E-state index in [1.807, 2.05) is 0 Å². The van der Waals surface area contributed by atoms with Gasteiger partial charge in [-0.3, -0.25) is 0 Å². The molecule has 0 spiro atoms. The summed E-state index contributed by atoms with van der Waals surface area (Å²) in [5, 5.41) is 0. The van der Waals surface area contributed by atoms with E-state index in [2.05, 4.69) is 0 Å². The maximum atomic E-state index is 13.8. The van der Waals surface area contributed by atoms with Gasteiger partial charge in [0.05, 0.1) is 0 Å². The van der Waals surface area contributed by atoms with Gasteiger partial charge in [-0.25, -0.2) is 22.0 Å². The SMILES string of the molecule is NC1CC[C@@H]2CN(c3c(F)c(F)c(F)c(F)c3F)C[C@@H]2C1. The minimum absolute atomic E-state index is 0.0441. The molecule has 1 aliphatic carbocycles. The number of nitrogens with zero attached hydrogens (tertiary/aromatic N) is 1. The Kier molecular flexibility index (Phi) is 3.55. The number of rotatable bonds is 1. The molecule has 2 nitrogen and oxygen atoms in total. The zero-order valence-electron chi connectivity index (χ0n) is 11.2. The van der Waals surface area contributed by atoms with Gasteiger partial charge in [0.1, 0.15) is 5.69 Å². The lowest BCUT2D eigenvalue weighted by Gasteiger charge is -2.27. The Morgan fingerprint density at radius 1 is 0.762 bits per heavy atom. The molecule has 7 heteroatoms. The van der Waals surface area contributed by atoms with E-state index in [0.29, 0.717) is 6.54 Å². The summed E-state index contributed by atoms with van der Waals surface area (Å²) < 4.78 is 67.3. The third-order valence-electron chi connectivity index (χ3n) is 4.59. The summed E-state index contributed by atoms with van der Waals surface area (Å²) in [5.41, 5.74) is 5.06. The standard InChI is InChI=1S/C14H15F5N2/c15-9-10(16)12(18)14(13(19)11(9)17)21-4-6-1-2-8(20)3-7(6)5-21/h6-8H,1-5,20H2/t6-,7+,8?/m1/s1. The van der Waals surface area contributed by atoms with Gasteiger partial charge >= 0.3 is 0 Å². The van der Waals surface area contributed by atoms with Crippen LogP contribution in [0.3, 0.4) is 0 Å². The third-order valence-corrected chi connectivity index (χ3v) is 4.59. The molecule has 1 saturated heterocycles. The molecule has 0 bridgehead atoms. The van der Waals surface area contributed by atoms with Crippen LogP contribution in [0, 0.1) is 40.9 Å². The van der Waals surface area contributed by atoms with Gasteiger partial charge in [-0.05, 0) is 31.1 Å². The first-order valence-electron chi connectivity index (χ1n) is 6.92. The minimum atomic E-state index is -2.12. The molecule has 1 aromatic rings. The van der Waals surface area contributed by atoms with Crippen molar-refractivity contribution in [3.8, 4) is 0 Å². The first kappa shape index (κ1) is 14.6. The van der Waals surface area contributed by atoms with Crippen molar-refractivity contribution in [3.63, 3.8) is 0 Å². The van der Waals surface area contributed by atoms with Gasteiger partial charge in [-0.15, -0.1) is 0 Å². The predicted octanol–water partition coefficient (Wildman–Crippen LogP) is 2.95. The largest absolute Gasteiger partial charge is 0.366 e. The smallest absolute Gasteiger partial charge is 0.200 e. The molecule has 2 fully saturated rings. The highest BCUT2D eigenvalue weighted by Crippen LogP contribution is 2.40. The topological polar surface area (TPSA) is 29.3 Å². The van der Waals surface area contributed by atoms with Crippen LogP contribution in [0.1, 0.15) is 19.3 Å². The molecule has 1 unspecified atom stereocenters. The van der Waals surface area contributed by atoms with Crippen LogP contribution in [0.25, 0.3) is 0 Å². The first-order valence-corrected chi connectivity index (χ1v) is 6.92. The number of hydrogen-bond acceptors (Lipinski definition) is 2. The number of anilines is 1. The molecule has 2 N–H and O–H groups in total. The molecule has 0 radical (unpaired) electrons. The molecule has 3 atom stereocenters. The van der Waals surface area contributed by atoms with Crippen molar-refractivity contribution >= 4 is 5.69 Å². The van der Waals surface area contributed by atoms with Gasteiger partial charge in [0.25, 0.3) is 0 Å². The molecule has 1 heterocycles. The van der Waals surface area contributed by atoms with E-state index in [1.54, 1.807) is 0 Å². The molecule has 3 rings (SSSR count).